The number of ether oxygens (including phenoxy) is 1. The number of carbonyl (C=O) groups is 1. The van der Waals surface area contributed by atoms with Crippen LogP contribution in [0.4, 0.5) is 22.4 Å². The van der Waals surface area contributed by atoms with Crippen molar-refractivity contribution in [2.24, 2.45) is 0 Å². The minimum Gasteiger partial charge on any atom is -0.444 e. The number of hydrogen-bond donors (Lipinski definition) is 2. The van der Waals surface area contributed by atoms with Crippen LogP contribution in [-0.4, -0.2) is 58.0 Å². The van der Waals surface area contributed by atoms with Gasteiger partial charge < -0.3 is 19.9 Å². The van der Waals surface area contributed by atoms with Crippen molar-refractivity contribution in [2.75, 3.05) is 23.9 Å². The molecule has 0 bridgehead atoms. The van der Waals surface area contributed by atoms with Gasteiger partial charge in [0.1, 0.15) is 11.4 Å². The smallest absolute Gasteiger partial charge is 0.407 e. The second kappa shape index (κ2) is 10.2. The molecule has 2 aliphatic carbocycles. The Morgan fingerprint density at radius 1 is 1.09 bits per heavy atom. The number of H-pyrrole nitrogens is 1. The summed E-state index contributed by atoms with van der Waals surface area (Å²) in [6.45, 7) is 5.64. The molecule has 9 nitrogen and oxygen atoms in total. The lowest BCUT2D eigenvalue weighted by molar-refractivity contribution is 0.0491. The Balaban J connectivity index is 1.34. The van der Waals surface area contributed by atoms with Gasteiger partial charge in [0.2, 0.25) is 5.95 Å². The van der Waals surface area contributed by atoms with E-state index in [9.17, 15) is 4.79 Å². The number of aromatic amines is 1. The van der Waals surface area contributed by atoms with Crippen molar-refractivity contribution in [3.05, 3.63) is 24.0 Å². The van der Waals surface area contributed by atoms with Gasteiger partial charge in [-0.15, -0.1) is 0 Å². The standard InChI is InChI=1S/C25H39N7O2/c1-25(2,3)34-24(33)27-18-10-12-19(13-11-18)31(4)23-26-15-14-21(28-23)32(5)22-16-20(29-30-22)17-8-6-7-9-17/h14-19H,6-13H2,1-5H3,(H,27,33)(H,29,30). The molecule has 2 fully saturated rings. The molecule has 4 rings (SSSR count). The fourth-order valence-electron chi connectivity index (χ4n) is 5.00. The lowest BCUT2D eigenvalue weighted by Gasteiger charge is -2.35. The van der Waals surface area contributed by atoms with E-state index in [2.05, 4.69) is 38.5 Å². The third-order valence-electron chi connectivity index (χ3n) is 6.98. The molecular formula is C25H39N7O2. The number of anilines is 3. The van der Waals surface area contributed by atoms with Gasteiger partial charge in [0.25, 0.3) is 0 Å². The highest BCUT2D eigenvalue weighted by Crippen LogP contribution is 2.35. The Morgan fingerprint density at radius 2 is 1.79 bits per heavy atom. The van der Waals surface area contributed by atoms with Gasteiger partial charge in [0.15, 0.2) is 5.82 Å². The lowest BCUT2D eigenvalue weighted by Crippen LogP contribution is -2.44. The zero-order valence-corrected chi connectivity index (χ0v) is 21.2. The van der Waals surface area contributed by atoms with E-state index in [0.717, 1.165) is 37.3 Å². The van der Waals surface area contributed by atoms with E-state index in [-0.39, 0.29) is 12.1 Å². The molecule has 0 radical (unpaired) electrons. The van der Waals surface area contributed by atoms with Crippen molar-refractivity contribution < 1.29 is 9.53 Å². The maximum Gasteiger partial charge on any atom is 0.407 e. The van der Waals surface area contributed by atoms with E-state index in [1.807, 2.05) is 45.0 Å². The van der Waals surface area contributed by atoms with Crippen LogP contribution in [0.15, 0.2) is 18.3 Å². The van der Waals surface area contributed by atoms with Gasteiger partial charge in [-0.05, 0) is 65.4 Å². The normalized spacial score (nSPS) is 21.3. The van der Waals surface area contributed by atoms with Crippen LogP contribution in [-0.2, 0) is 4.74 Å². The molecular weight excluding hydrogens is 430 g/mol. The van der Waals surface area contributed by atoms with E-state index >= 15 is 0 Å². The number of nitrogens with one attached hydrogen (secondary N) is 2. The number of alkyl carbamates (subject to hydrolysis) is 1. The second-order valence-corrected chi connectivity index (χ2v) is 10.7. The quantitative estimate of drug-likeness (QED) is 0.621. The summed E-state index contributed by atoms with van der Waals surface area (Å²) in [5.74, 6) is 3.01. The fourth-order valence-corrected chi connectivity index (χ4v) is 5.00. The zero-order valence-electron chi connectivity index (χ0n) is 21.2. The Bertz CT molecular complexity index is 956. The largest absolute Gasteiger partial charge is 0.444 e. The lowest BCUT2D eigenvalue weighted by atomic mass is 9.90. The van der Waals surface area contributed by atoms with E-state index in [1.165, 1.54) is 31.4 Å². The van der Waals surface area contributed by atoms with Crippen LogP contribution < -0.4 is 15.1 Å². The van der Waals surface area contributed by atoms with E-state index in [1.54, 1.807) is 0 Å². The molecule has 2 aliphatic rings. The number of carbonyl (C=O) groups excluding carboxylic acids is 1. The predicted molar refractivity (Wildman–Crippen MR) is 134 cm³/mol. The maximum absolute atomic E-state index is 12.1. The van der Waals surface area contributed by atoms with Crippen LogP contribution in [0, 0.1) is 0 Å². The highest BCUT2D eigenvalue weighted by molar-refractivity contribution is 5.68. The molecule has 2 aromatic heterocycles. The molecule has 0 aromatic carbocycles. The summed E-state index contributed by atoms with van der Waals surface area (Å²) in [4.78, 5) is 25.6. The Kier molecular flexibility index (Phi) is 7.28. The highest BCUT2D eigenvalue weighted by atomic mass is 16.6. The van der Waals surface area contributed by atoms with Crippen LogP contribution in [0.3, 0.4) is 0 Å². The van der Waals surface area contributed by atoms with Crippen LogP contribution in [0.1, 0.15) is 83.7 Å². The molecule has 0 atom stereocenters. The Labute approximate surface area is 202 Å². The molecule has 0 aliphatic heterocycles. The summed E-state index contributed by atoms with van der Waals surface area (Å²) in [7, 11) is 4.05. The van der Waals surface area contributed by atoms with Crippen LogP contribution in [0.5, 0.6) is 0 Å². The Hall–Kier alpha value is -2.84. The van der Waals surface area contributed by atoms with E-state index in [0.29, 0.717) is 17.9 Å². The van der Waals surface area contributed by atoms with Crippen molar-refractivity contribution in [2.45, 2.75) is 95.7 Å². The number of amides is 1. The van der Waals surface area contributed by atoms with Crippen molar-refractivity contribution in [1.29, 1.82) is 0 Å². The van der Waals surface area contributed by atoms with Crippen LogP contribution >= 0.6 is 0 Å². The number of aromatic nitrogens is 4. The monoisotopic (exact) mass is 469 g/mol. The molecule has 0 unspecified atom stereocenters. The third-order valence-corrected chi connectivity index (χ3v) is 6.98. The molecule has 9 heteroatoms. The van der Waals surface area contributed by atoms with Gasteiger partial charge in [-0.2, -0.15) is 10.1 Å². The van der Waals surface area contributed by atoms with Gasteiger partial charge in [-0.1, -0.05) is 12.8 Å². The second-order valence-electron chi connectivity index (χ2n) is 10.7. The first kappa shape index (κ1) is 24.3. The molecule has 34 heavy (non-hydrogen) atoms. The van der Waals surface area contributed by atoms with Gasteiger partial charge >= 0.3 is 6.09 Å². The molecule has 2 heterocycles. The SMILES string of the molecule is CN(c1cc(C2CCCC2)[nH]n1)c1ccnc(N(C)C2CCC(NC(=O)OC(C)(C)C)CC2)n1. The van der Waals surface area contributed by atoms with Crippen molar-refractivity contribution >= 4 is 23.7 Å². The first-order chi connectivity index (χ1) is 16.2. The average Bonchev–Trinajstić information content (AvgIpc) is 3.49. The molecule has 0 saturated heterocycles. The summed E-state index contributed by atoms with van der Waals surface area (Å²) in [6, 6.07) is 4.55. The summed E-state index contributed by atoms with van der Waals surface area (Å²) >= 11 is 0. The zero-order chi connectivity index (χ0) is 24.3. The average molecular weight is 470 g/mol. The van der Waals surface area contributed by atoms with Gasteiger partial charge in [-0.25, -0.2) is 9.78 Å². The molecule has 2 aromatic rings. The molecule has 1 amide bonds. The number of hydrogen-bond acceptors (Lipinski definition) is 7. The molecule has 186 valence electrons. The van der Waals surface area contributed by atoms with Gasteiger partial charge in [-0.3, -0.25) is 5.10 Å². The van der Waals surface area contributed by atoms with Crippen LogP contribution in [0.2, 0.25) is 0 Å². The molecule has 2 N–H and O–H groups in total. The third kappa shape index (κ3) is 5.98. The van der Waals surface area contributed by atoms with E-state index in [4.69, 9.17) is 9.72 Å². The predicted octanol–water partition coefficient (Wildman–Crippen LogP) is 4.90. The summed E-state index contributed by atoms with van der Waals surface area (Å²) in [6.07, 6.45) is 10.3. The van der Waals surface area contributed by atoms with Gasteiger partial charge in [0.05, 0.1) is 0 Å². The minimum atomic E-state index is -0.481. The maximum atomic E-state index is 12.1. The van der Waals surface area contributed by atoms with E-state index < -0.39 is 5.60 Å². The fraction of sp³-hybridized carbons (Fsp3) is 0.680. The topological polar surface area (TPSA) is 99.3 Å². The highest BCUT2D eigenvalue weighted by Gasteiger charge is 2.28. The first-order valence-corrected chi connectivity index (χ1v) is 12.5. The molecule has 0 spiro atoms. The Morgan fingerprint density at radius 3 is 2.47 bits per heavy atom. The van der Waals surface area contributed by atoms with Crippen molar-refractivity contribution in [3.63, 3.8) is 0 Å². The van der Waals surface area contributed by atoms with Crippen LogP contribution in [0.25, 0.3) is 0 Å². The van der Waals surface area contributed by atoms with Crippen molar-refractivity contribution in [1.82, 2.24) is 25.5 Å². The minimum absolute atomic E-state index is 0.145. The number of rotatable bonds is 6. The number of nitrogens with zero attached hydrogens (tertiary/aromatic N) is 5. The van der Waals surface area contributed by atoms with Crippen molar-refractivity contribution in [3.8, 4) is 0 Å². The summed E-state index contributed by atoms with van der Waals surface area (Å²) in [5, 5.41) is 10.8. The molecule has 2 saturated carbocycles. The summed E-state index contributed by atoms with van der Waals surface area (Å²) in [5.41, 5.74) is 0.743. The summed E-state index contributed by atoms with van der Waals surface area (Å²) < 4.78 is 5.39. The van der Waals surface area contributed by atoms with Gasteiger partial charge in [0, 0.05) is 50.1 Å². The first-order valence-electron chi connectivity index (χ1n) is 12.5.